The molecule has 136 valence electrons. The van der Waals surface area contributed by atoms with Crippen molar-refractivity contribution in [1.82, 2.24) is 15.2 Å². The number of benzene rings is 1. The molecule has 1 aromatic carbocycles. The molecule has 3 heterocycles. The van der Waals surface area contributed by atoms with E-state index in [4.69, 9.17) is 21.7 Å². The summed E-state index contributed by atoms with van der Waals surface area (Å²) in [6.45, 7) is 6.19. The third kappa shape index (κ3) is 4.05. The van der Waals surface area contributed by atoms with Gasteiger partial charge in [0.15, 0.2) is 16.6 Å². The van der Waals surface area contributed by atoms with Crippen LogP contribution in [0.15, 0.2) is 42.7 Å². The predicted molar refractivity (Wildman–Crippen MR) is 102 cm³/mol. The molecule has 1 aromatic heterocycles. The minimum absolute atomic E-state index is 0.302. The number of hydrogen-bond acceptors (Lipinski definition) is 4. The lowest BCUT2D eigenvalue weighted by atomic mass is 10.2. The molecule has 0 spiro atoms. The number of piperazine rings is 1. The summed E-state index contributed by atoms with van der Waals surface area (Å²) in [5.41, 5.74) is 2.48. The van der Waals surface area contributed by atoms with Crippen molar-refractivity contribution in [3.05, 3.63) is 53.9 Å². The molecule has 2 aromatic rings. The number of nitrogens with one attached hydrogen (secondary N) is 2. The van der Waals surface area contributed by atoms with Crippen LogP contribution in [-0.4, -0.2) is 48.0 Å². The number of rotatable bonds is 4. The lowest BCUT2D eigenvalue weighted by Gasteiger charge is -2.34. The summed E-state index contributed by atoms with van der Waals surface area (Å²) in [5, 5.41) is 4.19. The van der Waals surface area contributed by atoms with E-state index in [1.165, 1.54) is 5.56 Å². The number of nitrogens with zero attached hydrogens (tertiary/aromatic N) is 2. The van der Waals surface area contributed by atoms with Crippen LogP contribution in [0.2, 0.25) is 0 Å². The average molecular weight is 371 g/mol. The summed E-state index contributed by atoms with van der Waals surface area (Å²) >= 11 is 5.58. The van der Waals surface area contributed by atoms with Crippen LogP contribution in [0.25, 0.3) is 0 Å². The van der Waals surface area contributed by atoms with Gasteiger partial charge in [-0.15, -0.1) is 0 Å². The van der Waals surface area contributed by atoms with Gasteiger partial charge in [0, 0.05) is 24.5 Å². The molecule has 0 bridgehead atoms. The van der Waals surface area contributed by atoms with E-state index in [9.17, 15) is 0 Å². The van der Waals surface area contributed by atoms with Crippen LogP contribution in [0, 0.1) is 0 Å². The molecule has 6 nitrogen and oxygen atoms in total. The van der Waals surface area contributed by atoms with Gasteiger partial charge in [-0.05, 0) is 42.0 Å². The SMILES string of the molecule is S=C(NCc1ccc2c(c1)OCO2)N1CC[NH+](Cc2ccncc2)CC1. The van der Waals surface area contributed by atoms with Gasteiger partial charge in [0.2, 0.25) is 6.79 Å². The molecule has 0 aliphatic carbocycles. The highest BCUT2D eigenvalue weighted by molar-refractivity contribution is 7.80. The second-order valence-electron chi connectivity index (χ2n) is 6.62. The Labute approximate surface area is 158 Å². The molecular weight excluding hydrogens is 348 g/mol. The number of aromatic nitrogens is 1. The van der Waals surface area contributed by atoms with Crippen LogP contribution in [0.4, 0.5) is 0 Å². The Kier molecular flexibility index (Phi) is 5.17. The molecule has 26 heavy (non-hydrogen) atoms. The third-order valence-corrected chi connectivity index (χ3v) is 5.24. The van der Waals surface area contributed by atoms with Crippen molar-refractivity contribution in [1.29, 1.82) is 0 Å². The Bertz CT molecular complexity index is 763. The van der Waals surface area contributed by atoms with Crippen molar-refractivity contribution < 1.29 is 14.4 Å². The Morgan fingerprint density at radius 1 is 1.08 bits per heavy atom. The summed E-state index contributed by atoms with van der Waals surface area (Å²) in [6, 6.07) is 10.2. The van der Waals surface area contributed by atoms with E-state index >= 15 is 0 Å². The summed E-state index contributed by atoms with van der Waals surface area (Å²) < 4.78 is 10.8. The van der Waals surface area contributed by atoms with Crippen LogP contribution >= 0.6 is 12.2 Å². The van der Waals surface area contributed by atoms with Crippen molar-refractivity contribution in [3.8, 4) is 11.5 Å². The Morgan fingerprint density at radius 2 is 1.85 bits per heavy atom. The van der Waals surface area contributed by atoms with Gasteiger partial charge < -0.3 is 24.6 Å². The summed E-state index contributed by atoms with van der Waals surface area (Å²) in [7, 11) is 0. The first-order chi connectivity index (χ1) is 12.8. The number of thiocarbonyl (C=S) groups is 1. The quantitative estimate of drug-likeness (QED) is 0.767. The van der Waals surface area contributed by atoms with Crippen LogP contribution in [0.5, 0.6) is 11.5 Å². The number of hydrogen-bond donors (Lipinski definition) is 2. The van der Waals surface area contributed by atoms with Crippen molar-refractivity contribution in [2.24, 2.45) is 0 Å². The maximum atomic E-state index is 5.58. The molecule has 0 saturated carbocycles. The van der Waals surface area contributed by atoms with Gasteiger partial charge in [0.25, 0.3) is 0 Å². The fourth-order valence-electron chi connectivity index (χ4n) is 3.33. The van der Waals surface area contributed by atoms with E-state index in [0.717, 1.165) is 54.9 Å². The largest absolute Gasteiger partial charge is 0.454 e. The normalized spacial score (nSPS) is 16.5. The van der Waals surface area contributed by atoms with Crippen molar-refractivity contribution in [2.75, 3.05) is 33.0 Å². The standard InChI is InChI=1S/C19H22N4O2S/c26-19(21-12-16-1-2-17-18(11-16)25-14-24-17)23-9-7-22(8-10-23)13-15-3-5-20-6-4-15/h1-6,11H,7-10,12-14H2,(H,21,26)/p+1. The number of fused-ring (bicyclic) bond motifs is 1. The molecule has 0 amide bonds. The lowest BCUT2D eigenvalue weighted by molar-refractivity contribution is -0.917. The molecule has 4 rings (SSSR count). The number of quaternary nitrogens is 1. The van der Waals surface area contributed by atoms with E-state index in [1.54, 1.807) is 4.90 Å². The first-order valence-electron chi connectivity index (χ1n) is 8.92. The highest BCUT2D eigenvalue weighted by Crippen LogP contribution is 2.32. The number of ether oxygens (including phenoxy) is 2. The third-order valence-electron chi connectivity index (χ3n) is 4.84. The summed E-state index contributed by atoms with van der Waals surface area (Å²) in [6.07, 6.45) is 3.72. The van der Waals surface area contributed by atoms with E-state index in [1.807, 2.05) is 30.6 Å². The van der Waals surface area contributed by atoms with E-state index < -0.39 is 0 Å². The number of pyridine rings is 1. The molecule has 1 fully saturated rings. The van der Waals surface area contributed by atoms with E-state index in [2.05, 4.69) is 27.3 Å². The lowest BCUT2D eigenvalue weighted by Crippen LogP contribution is -3.13. The van der Waals surface area contributed by atoms with Crippen LogP contribution in [0.3, 0.4) is 0 Å². The van der Waals surface area contributed by atoms with Gasteiger partial charge >= 0.3 is 0 Å². The monoisotopic (exact) mass is 371 g/mol. The van der Waals surface area contributed by atoms with Gasteiger partial charge in [-0.3, -0.25) is 4.98 Å². The van der Waals surface area contributed by atoms with E-state index in [-0.39, 0.29) is 0 Å². The summed E-state index contributed by atoms with van der Waals surface area (Å²) in [4.78, 5) is 7.93. The first kappa shape index (κ1) is 17.1. The van der Waals surface area contributed by atoms with Gasteiger partial charge in [0.05, 0.1) is 26.2 Å². The maximum Gasteiger partial charge on any atom is 0.231 e. The molecular formula is C19H23N4O2S+. The molecule has 7 heteroatoms. The highest BCUT2D eigenvalue weighted by atomic mass is 32.1. The minimum atomic E-state index is 0.302. The van der Waals surface area contributed by atoms with Gasteiger partial charge in [-0.25, -0.2) is 0 Å². The van der Waals surface area contributed by atoms with Crippen molar-refractivity contribution >= 4 is 17.3 Å². The molecule has 0 radical (unpaired) electrons. The van der Waals surface area contributed by atoms with Gasteiger partial charge in [-0.1, -0.05) is 6.07 Å². The topological polar surface area (TPSA) is 51.1 Å². The molecule has 0 atom stereocenters. The van der Waals surface area contributed by atoms with Crippen molar-refractivity contribution in [3.63, 3.8) is 0 Å². The smallest absolute Gasteiger partial charge is 0.231 e. The minimum Gasteiger partial charge on any atom is -0.454 e. The Hall–Kier alpha value is -2.38. The zero-order valence-electron chi connectivity index (χ0n) is 14.6. The van der Waals surface area contributed by atoms with Crippen molar-refractivity contribution in [2.45, 2.75) is 13.1 Å². The van der Waals surface area contributed by atoms with Crippen LogP contribution in [-0.2, 0) is 13.1 Å². The maximum absolute atomic E-state index is 5.58. The zero-order valence-corrected chi connectivity index (χ0v) is 15.4. The Morgan fingerprint density at radius 3 is 2.65 bits per heavy atom. The van der Waals surface area contributed by atoms with Crippen LogP contribution < -0.4 is 19.7 Å². The van der Waals surface area contributed by atoms with E-state index in [0.29, 0.717) is 13.3 Å². The highest BCUT2D eigenvalue weighted by Gasteiger charge is 2.22. The Balaban J connectivity index is 1.23. The van der Waals surface area contributed by atoms with Gasteiger partial charge in [0.1, 0.15) is 6.54 Å². The molecule has 1 saturated heterocycles. The fourth-order valence-corrected chi connectivity index (χ4v) is 3.59. The zero-order chi connectivity index (χ0) is 17.8. The average Bonchev–Trinajstić information content (AvgIpc) is 3.15. The predicted octanol–water partition coefficient (Wildman–Crippen LogP) is 0.585. The second-order valence-corrected chi connectivity index (χ2v) is 7.00. The molecule has 0 unspecified atom stereocenters. The molecule has 2 aliphatic heterocycles. The summed E-state index contributed by atoms with van der Waals surface area (Å²) in [5.74, 6) is 1.62. The molecule has 2 N–H and O–H groups in total. The van der Waals surface area contributed by atoms with Crippen LogP contribution in [0.1, 0.15) is 11.1 Å². The fraction of sp³-hybridized carbons (Fsp3) is 0.368. The van der Waals surface area contributed by atoms with Gasteiger partial charge in [-0.2, -0.15) is 0 Å². The molecule has 2 aliphatic rings. The second kappa shape index (κ2) is 7.88. The first-order valence-corrected chi connectivity index (χ1v) is 9.32.